The average Bonchev–Trinajstić information content (AvgIpc) is 3.33. The predicted octanol–water partition coefficient (Wildman–Crippen LogP) is 4.49. The first kappa shape index (κ1) is 22.6. The molecule has 1 aromatic heterocycles. The third-order valence-electron chi connectivity index (χ3n) is 5.21. The zero-order valence-corrected chi connectivity index (χ0v) is 18.5. The molecule has 1 aliphatic heterocycles. The Labute approximate surface area is 192 Å². The lowest BCUT2D eigenvalue weighted by atomic mass is 9.99. The first-order chi connectivity index (χ1) is 15.9. The Bertz CT molecular complexity index is 1160. The molecule has 2 aromatic carbocycles. The molecule has 1 aliphatic rings. The number of piperidine rings is 1. The molecule has 2 N–H and O–H groups in total. The minimum Gasteiger partial charge on any atom is -0.497 e. The van der Waals surface area contributed by atoms with E-state index in [-0.39, 0.29) is 22.5 Å². The molecule has 0 aliphatic carbocycles. The molecule has 0 saturated carbocycles. The summed E-state index contributed by atoms with van der Waals surface area (Å²) in [5.41, 5.74) is 0.387. The molecule has 0 spiro atoms. The average molecular weight is 474 g/mol. The second kappa shape index (κ2) is 9.90. The van der Waals surface area contributed by atoms with Crippen molar-refractivity contribution in [2.75, 3.05) is 30.8 Å². The highest BCUT2D eigenvalue weighted by molar-refractivity contribution is 7.13. The number of carbonyl (C=O) groups is 2. The summed E-state index contributed by atoms with van der Waals surface area (Å²) in [7, 11) is 1.56. The Morgan fingerprint density at radius 2 is 1.91 bits per heavy atom. The van der Waals surface area contributed by atoms with E-state index < -0.39 is 17.7 Å². The van der Waals surface area contributed by atoms with Gasteiger partial charge in [0, 0.05) is 30.8 Å². The molecule has 1 saturated heterocycles. The molecule has 33 heavy (non-hydrogen) atoms. The van der Waals surface area contributed by atoms with Crippen LogP contribution in [0.2, 0.25) is 0 Å². The van der Waals surface area contributed by atoms with Crippen LogP contribution in [0.4, 0.5) is 25.0 Å². The van der Waals surface area contributed by atoms with Gasteiger partial charge in [-0.1, -0.05) is 11.3 Å². The van der Waals surface area contributed by atoms with Crippen molar-refractivity contribution in [3.05, 3.63) is 64.1 Å². The molecule has 11 heteroatoms. The van der Waals surface area contributed by atoms with E-state index in [0.29, 0.717) is 36.0 Å². The number of halogens is 2. The normalized spacial score (nSPS) is 15.7. The van der Waals surface area contributed by atoms with Crippen molar-refractivity contribution < 1.29 is 23.1 Å². The number of aromatic nitrogens is 2. The van der Waals surface area contributed by atoms with Crippen LogP contribution < -0.4 is 15.4 Å². The maximum Gasteiger partial charge on any atom is 0.321 e. The van der Waals surface area contributed by atoms with Crippen molar-refractivity contribution in [3.63, 3.8) is 0 Å². The van der Waals surface area contributed by atoms with Crippen LogP contribution in [-0.2, 0) is 0 Å². The number of hydrogen-bond acceptors (Lipinski definition) is 6. The summed E-state index contributed by atoms with van der Waals surface area (Å²) in [6.45, 7) is 0.806. The summed E-state index contributed by atoms with van der Waals surface area (Å²) >= 11 is 1.17. The molecular weight excluding hydrogens is 452 g/mol. The Hall–Kier alpha value is -3.60. The van der Waals surface area contributed by atoms with E-state index in [1.54, 1.807) is 31.4 Å². The van der Waals surface area contributed by atoms with Gasteiger partial charge < -0.3 is 20.3 Å². The molecule has 8 nitrogen and oxygen atoms in total. The SMILES string of the molecule is COc1ccc(NC(=O)c2nnc([C@H]3CCCN(C(=O)Nc4cc(F)ccc4F)C3)s2)cc1. The number of rotatable bonds is 5. The molecule has 4 rings (SSSR count). The summed E-state index contributed by atoms with van der Waals surface area (Å²) in [6.07, 6.45) is 1.48. The number of anilines is 2. The Morgan fingerprint density at radius 1 is 1.12 bits per heavy atom. The van der Waals surface area contributed by atoms with Crippen molar-refractivity contribution in [2.24, 2.45) is 0 Å². The quantitative estimate of drug-likeness (QED) is 0.569. The standard InChI is InChI=1S/C22H21F2N5O3S/c1-32-16-7-5-15(6-8-16)25-19(30)21-28-27-20(33-21)13-3-2-10-29(12-13)22(31)26-18-11-14(23)4-9-17(18)24/h4-9,11,13H,2-3,10,12H2,1H3,(H,25,30)(H,26,31)/t13-/m0/s1. The highest BCUT2D eigenvalue weighted by Gasteiger charge is 2.28. The van der Waals surface area contributed by atoms with E-state index in [0.717, 1.165) is 24.6 Å². The molecule has 0 radical (unpaired) electrons. The van der Waals surface area contributed by atoms with Gasteiger partial charge in [0.15, 0.2) is 0 Å². The van der Waals surface area contributed by atoms with Crippen molar-refractivity contribution in [1.82, 2.24) is 15.1 Å². The molecule has 0 unspecified atom stereocenters. The van der Waals surface area contributed by atoms with Gasteiger partial charge in [0.25, 0.3) is 5.91 Å². The van der Waals surface area contributed by atoms with Crippen LogP contribution in [0.25, 0.3) is 0 Å². The summed E-state index contributed by atoms with van der Waals surface area (Å²) in [5.74, 6) is -1.16. The fraction of sp³-hybridized carbons (Fsp3) is 0.273. The summed E-state index contributed by atoms with van der Waals surface area (Å²) in [5, 5.41) is 14.2. The van der Waals surface area contributed by atoms with Gasteiger partial charge >= 0.3 is 6.03 Å². The Balaban J connectivity index is 1.38. The van der Waals surface area contributed by atoms with E-state index in [1.165, 1.54) is 16.2 Å². The van der Waals surface area contributed by atoms with Gasteiger partial charge in [-0.15, -0.1) is 10.2 Å². The van der Waals surface area contributed by atoms with Crippen LogP contribution in [0.15, 0.2) is 42.5 Å². The van der Waals surface area contributed by atoms with Gasteiger partial charge in [0.2, 0.25) is 5.01 Å². The number of ether oxygens (including phenoxy) is 1. The fourth-order valence-corrected chi connectivity index (χ4v) is 4.37. The third-order valence-corrected chi connectivity index (χ3v) is 6.30. The Morgan fingerprint density at radius 3 is 2.67 bits per heavy atom. The van der Waals surface area contributed by atoms with Crippen LogP contribution in [0, 0.1) is 11.6 Å². The van der Waals surface area contributed by atoms with Gasteiger partial charge in [-0.2, -0.15) is 0 Å². The van der Waals surface area contributed by atoms with Gasteiger partial charge in [-0.3, -0.25) is 4.79 Å². The number of amides is 3. The van der Waals surface area contributed by atoms with Crippen LogP contribution in [-0.4, -0.2) is 47.2 Å². The molecule has 0 bridgehead atoms. The number of likely N-dealkylation sites (tertiary alicyclic amines) is 1. The monoisotopic (exact) mass is 473 g/mol. The maximum absolute atomic E-state index is 13.9. The van der Waals surface area contributed by atoms with E-state index in [2.05, 4.69) is 20.8 Å². The van der Waals surface area contributed by atoms with Gasteiger partial charge in [0.1, 0.15) is 22.4 Å². The van der Waals surface area contributed by atoms with Gasteiger partial charge in [-0.25, -0.2) is 13.6 Å². The van der Waals surface area contributed by atoms with Crippen LogP contribution in [0.5, 0.6) is 5.75 Å². The number of methoxy groups -OCH3 is 1. The van der Waals surface area contributed by atoms with E-state index in [1.807, 2.05) is 0 Å². The van der Waals surface area contributed by atoms with Crippen molar-refractivity contribution >= 4 is 34.6 Å². The molecule has 172 valence electrons. The zero-order chi connectivity index (χ0) is 23.4. The molecule has 1 atom stereocenters. The third kappa shape index (κ3) is 5.43. The number of hydrogen-bond donors (Lipinski definition) is 2. The second-order valence-corrected chi connectivity index (χ2v) is 8.48. The van der Waals surface area contributed by atoms with Crippen LogP contribution in [0.1, 0.15) is 33.6 Å². The van der Waals surface area contributed by atoms with Crippen molar-refractivity contribution in [2.45, 2.75) is 18.8 Å². The minimum atomic E-state index is -0.713. The summed E-state index contributed by atoms with van der Waals surface area (Å²) < 4.78 is 32.3. The predicted molar refractivity (Wildman–Crippen MR) is 120 cm³/mol. The van der Waals surface area contributed by atoms with E-state index in [9.17, 15) is 18.4 Å². The summed E-state index contributed by atoms with van der Waals surface area (Å²) in [6, 6.07) is 9.27. The van der Waals surface area contributed by atoms with Crippen LogP contribution >= 0.6 is 11.3 Å². The number of urea groups is 1. The number of carbonyl (C=O) groups excluding carboxylic acids is 2. The van der Waals surface area contributed by atoms with E-state index in [4.69, 9.17) is 4.74 Å². The zero-order valence-electron chi connectivity index (χ0n) is 17.7. The number of benzene rings is 2. The first-order valence-corrected chi connectivity index (χ1v) is 11.0. The minimum absolute atomic E-state index is 0.109. The first-order valence-electron chi connectivity index (χ1n) is 10.2. The highest BCUT2D eigenvalue weighted by Crippen LogP contribution is 2.30. The van der Waals surface area contributed by atoms with Crippen molar-refractivity contribution in [1.29, 1.82) is 0 Å². The lowest BCUT2D eigenvalue weighted by molar-refractivity contribution is 0.102. The smallest absolute Gasteiger partial charge is 0.321 e. The van der Waals surface area contributed by atoms with Crippen LogP contribution in [0.3, 0.4) is 0 Å². The molecule has 1 fully saturated rings. The van der Waals surface area contributed by atoms with E-state index >= 15 is 0 Å². The van der Waals surface area contributed by atoms with Gasteiger partial charge in [-0.05, 0) is 49.2 Å². The second-order valence-electron chi connectivity index (χ2n) is 7.47. The molecular formula is C22H21F2N5O3S. The van der Waals surface area contributed by atoms with Gasteiger partial charge in [0.05, 0.1) is 12.8 Å². The van der Waals surface area contributed by atoms with Crippen molar-refractivity contribution in [3.8, 4) is 5.75 Å². The lowest BCUT2D eigenvalue weighted by Gasteiger charge is -2.31. The molecule has 2 heterocycles. The number of nitrogens with one attached hydrogen (secondary N) is 2. The largest absolute Gasteiger partial charge is 0.497 e. The fourth-order valence-electron chi connectivity index (χ4n) is 3.50. The topological polar surface area (TPSA) is 96.4 Å². The Kier molecular flexibility index (Phi) is 6.78. The highest BCUT2D eigenvalue weighted by atomic mass is 32.1. The maximum atomic E-state index is 13.9. The summed E-state index contributed by atoms with van der Waals surface area (Å²) in [4.78, 5) is 26.6. The lowest BCUT2D eigenvalue weighted by Crippen LogP contribution is -2.41. The molecule has 3 aromatic rings. The molecule has 3 amide bonds. The number of nitrogens with zero attached hydrogens (tertiary/aromatic N) is 3.